The van der Waals surface area contributed by atoms with Crippen LogP contribution in [-0.2, 0) is 31.3 Å². The zero-order valence-electron chi connectivity index (χ0n) is 16.6. The van der Waals surface area contributed by atoms with E-state index in [1.54, 1.807) is 11.1 Å². The van der Waals surface area contributed by atoms with Gasteiger partial charge in [0.05, 0.1) is 0 Å². The summed E-state index contributed by atoms with van der Waals surface area (Å²) in [5.74, 6) is 2.19. The molecule has 1 aliphatic rings. The predicted octanol–water partition coefficient (Wildman–Crippen LogP) is -0.792. The maximum atomic E-state index is 8.47. The third-order valence-corrected chi connectivity index (χ3v) is 3.35. The Kier molecular flexibility index (Phi) is 41.7. The third-order valence-electron chi connectivity index (χ3n) is 3.35. The first-order valence-corrected chi connectivity index (χ1v) is 9.62. The van der Waals surface area contributed by atoms with Gasteiger partial charge in [-0.15, -0.1) is 0 Å². The van der Waals surface area contributed by atoms with Crippen molar-refractivity contribution in [3.8, 4) is 0 Å². The van der Waals surface area contributed by atoms with Crippen molar-refractivity contribution in [2.75, 3.05) is 0 Å². The van der Waals surface area contributed by atoms with Gasteiger partial charge in [0.1, 0.15) is 0 Å². The fourth-order valence-corrected chi connectivity index (χ4v) is 2.11. The SMILES string of the molecule is CC1=C(C)C(C)C(C[C-](C)C)=C1C.C[SiH]C.[Cl-].[Cl-].[NH-]C=O.[NH-]C=O.[Ti+2]. The maximum absolute atomic E-state index is 8.47. The second-order valence-corrected chi connectivity index (χ2v) is 6.53. The second kappa shape index (κ2) is 26.2. The molecule has 0 aromatic rings. The first kappa shape index (κ1) is 39.8. The number of carbonyl (C=O) groups is 2. The van der Waals surface area contributed by atoms with Crippen molar-refractivity contribution in [1.82, 2.24) is 0 Å². The van der Waals surface area contributed by atoms with Crippen LogP contribution >= 0.6 is 0 Å². The van der Waals surface area contributed by atoms with E-state index in [0.29, 0.717) is 5.92 Å². The zero-order chi connectivity index (χ0) is 18.3. The predicted molar refractivity (Wildman–Crippen MR) is 99.1 cm³/mol. The normalized spacial score (nSPS) is 14.0. The molecular formula is C17H32Cl2N2O2SiTi-3. The molecule has 1 radical (unpaired) electrons. The first-order valence-electron chi connectivity index (χ1n) is 7.32. The van der Waals surface area contributed by atoms with Crippen molar-refractivity contribution in [2.24, 2.45) is 5.92 Å². The Morgan fingerprint density at radius 2 is 1.28 bits per heavy atom. The van der Waals surface area contributed by atoms with E-state index in [-0.39, 0.29) is 59.4 Å². The van der Waals surface area contributed by atoms with Gasteiger partial charge in [-0.1, -0.05) is 36.7 Å². The van der Waals surface area contributed by atoms with Gasteiger partial charge in [-0.2, -0.15) is 20.3 Å². The number of amides is 2. The Balaban J connectivity index is -0.0000000644. The smallest absolute Gasteiger partial charge is 1.00 e. The van der Waals surface area contributed by atoms with Crippen molar-refractivity contribution in [2.45, 2.75) is 61.1 Å². The van der Waals surface area contributed by atoms with Gasteiger partial charge in [0.25, 0.3) is 0 Å². The third kappa shape index (κ3) is 20.1. The molecule has 4 nitrogen and oxygen atoms in total. The largest absolute Gasteiger partial charge is 2.00 e. The Labute approximate surface area is 184 Å². The van der Waals surface area contributed by atoms with Gasteiger partial charge < -0.3 is 51.8 Å². The molecule has 1 aliphatic carbocycles. The van der Waals surface area contributed by atoms with Crippen LogP contribution in [0.2, 0.25) is 13.1 Å². The van der Waals surface area contributed by atoms with Crippen LogP contribution in [0.3, 0.4) is 0 Å². The molecule has 0 bridgehead atoms. The molecule has 1 unspecified atom stereocenters. The van der Waals surface area contributed by atoms with E-state index in [2.05, 4.69) is 54.6 Å². The summed E-state index contributed by atoms with van der Waals surface area (Å²) in [6.45, 7) is 18.0. The molecule has 0 aromatic heterocycles. The summed E-state index contributed by atoms with van der Waals surface area (Å²) in [5, 5.41) is 0. The average Bonchev–Trinajstić information content (AvgIpc) is 2.59. The summed E-state index contributed by atoms with van der Waals surface area (Å²) in [7, 11) is 0.750. The molecule has 0 aliphatic heterocycles. The number of allylic oxidation sites excluding steroid dienone is 4. The zero-order valence-corrected chi connectivity index (χ0v) is 20.8. The van der Waals surface area contributed by atoms with Crippen LogP contribution in [-0.4, -0.2) is 22.3 Å². The van der Waals surface area contributed by atoms with Gasteiger partial charge in [0, 0.05) is 22.3 Å². The topological polar surface area (TPSA) is 81.7 Å². The van der Waals surface area contributed by atoms with Gasteiger partial charge in [-0.3, -0.25) is 0 Å². The molecular weight excluding hydrogens is 411 g/mol. The summed E-state index contributed by atoms with van der Waals surface area (Å²) in [6, 6.07) is 0. The van der Waals surface area contributed by atoms with Crippen molar-refractivity contribution >= 4 is 22.3 Å². The van der Waals surface area contributed by atoms with Crippen LogP contribution in [0.5, 0.6) is 0 Å². The number of hydrogen-bond acceptors (Lipinski definition) is 2. The quantitative estimate of drug-likeness (QED) is 0.319. The monoisotopic (exact) mass is 442 g/mol. The Bertz CT molecular complexity index is 385. The molecule has 147 valence electrons. The Hall–Kier alpha value is -0.0688. The summed E-state index contributed by atoms with van der Waals surface area (Å²) >= 11 is 0. The molecule has 0 saturated carbocycles. The Morgan fingerprint density at radius 3 is 1.44 bits per heavy atom. The molecule has 0 fully saturated rings. The molecule has 25 heavy (non-hydrogen) atoms. The van der Waals surface area contributed by atoms with E-state index >= 15 is 0 Å². The number of nitrogens with one attached hydrogen (secondary N) is 2. The van der Waals surface area contributed by atoms with Crippen LogP contribution in [0.1, 0.15) is 48.0 Å². The van der Waals surface area contributed by atoms with E-state index in [1.807, 2.05) is 0 Å². The summed E-state index contributed by atoms with van der Waals surface area (Å²) in [6.07, 6.45) is 1.18. The number of hydrogen-bond donors (Lipinski definition) is 0. The fraction of sp³-hybridized carbons (Fsp3) is 0.588. The van der Waals surface area contributed by atoms with Crippen molar-refractivity contribution in [1.29, 1.82) is 0 Å². The van der Waals surface area contributed by atoms with Gasteiger partial charge in [0.2, 0.25) is 0 Å². The van der Waals surface area contributed by atoms with Crippen LogP contribution in [0.25, 0.3) is 11.5 Å². The molecule has 0 saturated heterocycles. The van der Waals surface area contributed by atoms with Crippen LogP contribution in [0.4, 0.5) is 0 Å². The van der Waals surface area contributed by atoms with E-state index in [0.717, 1.165) is 9.52 Å². The molecule has 0 heterocycles. The van der Waals surface area contributed by atoms with E-state index in [1.165, 1.54) is 23.5 Å². The van der Waals surface area contributed by atoms with Crippen molar-refractivity contribution < 1.29 is 56.1 Å². The van der Waals surface area contributed by atoms with Gasteiger partial charge >= 0.3 is 21.7 Å². The summed E-state index contributed by atoms with van der Waals surface area (Å²) in [4.78, 5) is 16.9. The van der Waals surface area contributed by atoms with Gasteiger partial charge in [-0.05, 0) is 32.3 Å². The molecule has 8 heteroatoms. The van der Waals surface area contributed by atoms with Crippen molar-refractivity contribution in [3.63, 3.8) is 0 Å². The van der Waals surface area contributed by atoms with E-state index in [4.69, 9.17) is 21.1 Å². The Morgan fingerprint density at radius 1 is 1.00 bits per heavy atom. The van der Waals surface area contributed by atoms with E-state index in [9.17, 15) is 0 Å². The molecule has 2 N–H and O–H groups in total. The van der Waals surface area contributed by atoms with Crippen molar-refractivity contribution in [3.05, 3.63) is 39.7 Å². The molecule has 1 atom stereocenters. The number of carbonyl (C=O) groups excluding carboxylic acids is 2. The minimum absolute atomic E-state index is 0. The first-order chi connectivity index (χ1) is 10.2. The van der Waals surface area contributed by atoms with Gasteiger partial charge in [0.15, 0.2) is 0 Å². The summed E-state index contributed by atoms with van der Waals surface area (Å²) in [5.41, 5.74) is 17.3. The minimum Gasteiger partial charge on any atom is -1.00 e. The number of rotatable bonds is 2. The van der Waals surface area contributed by atoms with Crippen LogP contribution < -0.4 is 24.8 Å². The average molecular weight is 443 g/mol. The fourth-order valence-electron chi connectivity index (χ4n) is 2.11. The standard InChI is InChI=1S/C13H21.C2H7Si.2CH3NO.2ClH.Ti/c1-8(2)7-13-11(5)9(3)10(4)12(13)6;1-3-2;2*2-1-3;;;/h11H,7H2,1-6H3;3H,1-2H3;2*1H,(H2,2,3);2*1H;/q-1;;;;;;+2/p-4. The second-order valence-electron chi connectivity index (χ2n) is 5.38. The molecule has 0 spiro atoms. The molecule has 1 rings (SSSR count). The molecule has 0 aromatic carbocycles. The maximum Gasteiger partial charge on any atom is 2.00 e. The summed E-state index contributed by atoms with van der Waals surface area (Å²) < 4.78 is 0. The van der Waals surface area contributed by atoms with Crippen LogP contribution in [0.15, 0.2) is 22.3 Å². The van der Waals surface area contributed by atoms with Crippen LogP contribution in [0, 0.1) is 11.8 Å². The minimum atomic E-state index is 0. The molecule has 2 amide bonds. The van der Waals surface area contributed by atoms with Gasteiger partial charge in [-0.25, -0.2) is 0 Å². The van der Waals surface area contributed by atoms with E-state index < -0.39 is 0 Å². The number of halogens is 2.